The maximum atomic E-state index is 12.7. The van der Waals surface area contributed by atoms with Crippen LogP contribution >= 0.6 is 0 Å². The predicted molar refractivity (Wildman–Crippen MR) is 124 cm³/mol. The van der Waals surface area contributed by atoms with Crippen LogP contribution in [0.2, 0.25) is 0 Å². The van der Waals surface area contributed by atoms with E-state index in [1.807, 2.05) is 60.4 Å². The van der Waals surface area contributed by atoms with Gasteiger partial charge in [0.15, 0.2) is 5.82 Å². The minimum Gasteiger partial charge on any atom is -0.352 e. The van der Waals surface area contributed by atoms with Crippen molar-refractivity contribution >= 4 is 22.5 Å². The number of aromatic nitrogens is 2. The molecule has 0 radical (unpaired) electrons. The molecule has 0 bridgehead atoms. The number of amides is 1. The summed E-state index contributed by atoms with van der Waals surface area (Å²) in [6.07, 6.45) is 0. The Balaban J connectivity index is 1.25. The third-order valence-electron chi connectivity index (χ3n) is 5.89. The molecule has 154 valence electrons. The van der Waals surface area contributed by atoms with Gasteiger partial charge in [-0.2, -0.15) is 0 Å². The molecule has 5 rings (SSSR count). The molecule has 5 heteroatoms. The zero-order chi connectivity index (χ0) is 21.2. The molecule has 2 heterocycles. The van der Waals surface area contributed by atoms with Crippen molar-refractivity contribution in [1.29, 1.82) is 0 Å². The first kappa shape index (κ1) is 19.2. The van der Waals surface area contributed by atoms with E-state index >= 15 is 0 Å². The molecule has 0 unspecified atom stereocenters. The SMILES string of the molecule is Cc1ccc(C(=O)N2CCN(c3ccc(-c4ccc5ccccc5c4)nn3)CC2)cc1. The summed E-state index contributed by atoms with van der Waals surface area (Å²) >= 11 is 0. The molecule has 1 aromatic heterocycles. The standard InChI is InChI=1S/C26H24N4O/c1-19-6-8-21(9-7-19)26(31)30-16-14-29(15-17-30)25-13-12-24(27-28-25)23-11-10-20-4-2-3-5-22(20)18-23/h2-13,18H,14-17H2,1H3. The molecule has 0 saturated carbocycles. The highest BCUT2D eigenvalue weighted by Gasteiger charge is 2.23. The lowest BCUT2D eigenvalue weighted by Crippen LogP contribution is -2.49. The Morgan fingerprint density at radius 1 is 0.774 bits per heavy atom. The monoisotopic (exact) mass is 408 g/mol. The number of piperazine rings is 1. The van der Waals surface area contributed by atoms with Crippen LogP contribution in [0, 0.1) is 6.92 Å². The van der Waals surface area contributed by atoms with Gasteiger partial charge in [-0.25, -0.2) is 0 Å². The minimum absolute atomic E-state index is 0.0948. The Kier molecular flexibility index (Phi) is 5.08. The van der Waals surface area contributed by atoms with Crippen LogP contribution in [-0.2, 0) is 0 Å². The molecule has 0 aliphatic carbocycles. The summed E-state index contributed by atoms with van der Waals surface area (Å²) in [5.74, 6) is 0.948. The average molecular weight is 409 g/mol. The van der Waals surface area contributed by atoms with Crippen molar-refractivity contribution in [3.63, 3.8) is 0 Å². The Morgan fingerprint density at radius 2 is 1.52 bits per heavy atom. The van der Waals surface area contributed by atoms with Crippen LogP contribution < -0.4 is 4.90 Å². The molecule has 4 aromatic rings. The molecule has 0 spiro atoms. The Labute approximate surface area is 182 Å². The van der Waals surface area contributed by atoms with Crippen LogP contribution in [0.5, 0.6) is 0 Å². The number of hydrogen-bond donors (Lipinski definition) is 0. The largest absolute Gasteiger partial charge is 0.352 e. The van der Waals surface area contributed by atoms with Gasteiger partial charge in [-0.1, -0.05) is 54.1 Å². The number of carbonyl (C=O) groups excluding carboxylic acids is 1. The van der Waals surface area contributed by atoms with Crippen LogP contribution in [0.4, 0.5) is 5.82 Å². The number of benzene rings is 3. The van der Waals surface area contributed by atoms with Gasteiger partial charge in [-0.05, 0) is 48.0 Å². The van der Waals surface area contributed by atoms with E-state index in [-0.39, 0.29) is 5.91 Å². The number of hydrogen-bond acceptors (Lipinski definition) is 4. The van der Waals surface area contributed by atoms with E-state index in [0.717, 1.165) is 41.3 Å². The molecular formula is C26H24N4O. The number of fused-ring (bicyclic) bond motifs is 1. The summed E-state index contributed by atoms with van der Waals surface area (Å²) in [6.45, 7) is 4.89. The van der Waals surface area contributed by atoms with E-state index in [1.54, 1.807) is 0 Å². The zero-order valence-corrected chi connectivity index (χ0v) is 17.5. The van der Waals surface area contributed by atoms with Crippen LogP contribution in [-0.4, -0.2) is 47.2 Å². The molecule has 1 aliphatic rings. The molecule has 0 atom stereocenters. The molecule has 0 N–H and O–H groups in total. The second-order valence-corrected chi connectivity index (χ2v) is 7.98. The van der Waals surface area contributed by atoms with Crippen LogP contribution in [0.25, 0.3) is 22.0 Å². The van der Waals surface area contributed by atoms with Gasteiger partial charge in [0.1, 0.15) is 0 Å². The second-order valence-electron chi connectivity index (χ2n) is 7.98. The minimum atomic E-state index is 0.0948. The van der Waals surface area contributed by atoms with E-state index in [4.69, 9.17) is 0 Å². The molecule has 1 amide bonds. The van der Waals surface area contributed by atoms with Gasteiger partial charge in [-0.15, -0.1) is 10.2 Å². The Morgan fingerprint density at radius 3 is 2.23 bits per heavy atom. The first-order valence-electron chi connectivity index (χ1n) is 10.6. The summed E-state index contributed by atoms with van der Waals surface area (Å²) in [4.78, 5) is 16.8. The third-order valence-corrected chi connectivity index (χ3v) is 5.89. The smallest absolute Gasteiger partial charge is 0.253 e. The van der Waals surface area contributed by atoms with Gasteiger partial charge in [0, 0.05) is 37.3 Å². The lowest BCUT2D eigenvalue weighted by molar-refractivity contribution is 0.0746. The number of rotatable bonds is 3. The lowest BCUT2D eigenvalue weighted by atomic mass is 10.1. The van der Waals surface area contributed by atoms with Crippen molar-refractivity contribution < 1.29 is 4.79 Å². The van der Waals surface area contributed by atoms with Crippen LogP contribution in [0.1, 0.15) is 15.9 Å². The fourth-order valence-electron chi connectivity index (χ4n) is 4.01. The maximum absolute atomic E-state index is 12.7. The molecule has 5 nitrogen and oxygen atoms in total. The second kappa shape index (κ2) is 8.19. The number of aryl methyl sites for hydroxylation is 1. The van der Waals surface area contributed by atoms with Crippen molar-refractivity contribution in [2.24, 2.45) is 0 Å². The zero-order valence-electron chi connectivity index (χ0n) is 17.5. The molecule has 1 saturated heterocycles. The lowest BCUT2D eigenvalue weighted by Gasteiger charge is -2.35. The van der Waals surface area contributed by atoms with E-state index in [1.165, 1.54) is 10.8 Å². The fourth-order valence-corrected chi connectivity index (χ4v) is 4.01. The summed E-state index contributed by atoms with van der Waals surface area (Å²) in [5, 5.41) is 11.3. The van der Waals surface area contributed by atoms with Crippen molar-refractivity contribution in [3.8, 4) is 11.3 Å². The number of nitrogens with zero attached hydrogens (tertiary/aromatic N) is 4. The predicted octanol–water partition coefficient (Wildman–Crippen LogP) is 4.57. The number of anilines is 1. The summed E-state index contributed by atoms with van der Waals surface area (Å²) in [7, 11) is 0. The Hall–Kier alpha value is -3.73. The quantitative estimate of drug-likeness (QED) is 0.498. The molecule has 3 aromatic carbocycles. The highest BCUT2D eigenvalue weighted by atomic mass is 16.2. The van der Waals surface area contributed by atoms with Gasteiger partial charge < -0.3 is 9.80 Å². The third kappa shape index (κ3) is 3.99. The Bertz CT molecular complexity index is 1210. The van der Waals surface area contributed by atoms with Crippen LogP contribution in [0.15, 0.2) is 78.9 Å². The molecule has 1 aliphatic heterocycles. The fraction of sp³-hybridized carbons (Fsp3) is 0.192. The first-order valence-corrected chi connectivity index (χ1v) is 10.6. The maximum Gasteiger partial charge on any atom is 0.253 e. The normalized spacial score (nSPS) is 14.1. The molecule has 31 heavy (non-hydrogen) atoms. The van der Waals surface area contributed by atoms with Gasteiger partial charge >= 0.3 is 0 Å². The summed E-state index contributed by atoms with van der Waals surface area (Å²) in [6, 6.07) is 26.5. The first-order chi connectivity index (χ1) is 15.2. The van der Waals surface area contributed by atoms with E-state index in [0.29, 0.717) is 13.1 Å². The van der Waals surface area contributed by atoms with Crippen molar-refractivity contribution in [2.45, 2.75) is 6.92 Å². The van der Waals surface area contributed by atoms with Gasteiger partial charge in [-0.3, -0.25) is 4.79 Å². The van der Waals surface area contributed by atoms with Gasteiger partial charge in [0.05, 0.1) is 5.69 Å². The van der Waals surface area contributed by atoms with Crippen molar-refractivity contribution in [1.82, 2.24) is 15.1 Å². The number of carbonyl (C=O) groups is 1. The van der Waals surface area contributed by atoms with Gasteiger partial charge in [0.2, 0.25) is 0 Å². The van der Waals surface area contributed by atoms with E-state index in [2.05, 4.69) is 45.4 Å². The summed E-state index contributed by atoms with van der Waals surface area (Å²) in [5.41, 5.74) is 3.83. The van der Waals surface area contributed by atoms with Crippen LogP contribution in [0.3, 0.4) is 0 Å². The van der Waals surface area contributed by atoms with Crippen molar-refractivity contribution in [3.05, 3.63) is 90.0 Å². The molecule has 1 fully saturated rings. The topological polar surface area (TPSA) is 49.3 Å². The van der Waals surface area contributed by atoms with E-state index < -0.39 is 0 Å². The highest BCUT2D eigenvalue weighted by Crippen LogP contribution is 2.24. The molecular weight excluding hydrogens is 384 g/mol. The van der Waals surface area contributed by atoms with E-state index in [9.17, 15) is 4.79 Å². The van der Waals surface area contributed by atoms with Crippen molar-refractivity contribution in [2.75, 3.05) is 31.1 Å². The highest BCUT2D eigenvalue weighted by molar-refractivity contribution is 5.94. The van der Waals surface area contributed by atoms with Gasteiger partial charge in [0.25, 0.3) is 5.91 Å². The summed E-state index contributed by atoms with van der Waals surface area (Å²) < 4.78 is 0. The average Bonchev–Trinajstić information content (AvgIpc) is 2.84.